The number of halogens is 1. The molecule has 1 N–H and O–H groups in total. The highest BCUT2D eigenvalue weighted by Crippen LogP contribution is 2.42. The summed E-state index contributed by atoms with van der Waals surface area (Å²) in [6, 6.07) is 10.9. The van der Waals surface area contributed by atoms with Crippen LogP contribution in [-0.2, 0) is 0 Å². The lowest BCUT2D eigenvalue weighted by molar-refractivity contribution is 0.234. The highest BCUT2D eigenvalue weighted by molar-refractivity contribution is 5.91. The van der Waals surface area contributed by atoms with Crippen LogP contribution in [0.5, 0.6) is 5.75 Å². The van der Waals surface area contributed by atoms with Gasteiger partial charge in [-0.2, -0.15) is 0 Å². The summed E-state index contributed by atoms with van der Waals surface area (Å²) in [7, 11) is 1.66. The van der Waals surface area contributed by atoms with Gasteiger partial charge in [0.25, 0.3) is 0 Å². The Morgan fingerprint density at radius 1 is 1.00 bits per heavy atom. The number of piperidine rings is 1. The van der Waals surface area contributed by atoms with Crippen LogP contribution in [0.15, 0.2) is 36.4 Å². The Morgan fingerprint density at radius 2 is 1.84 bits per heavy atom. The lowest BCUT2D eigenvalue weighted by Gasteiger charge is -2.36. The van der Waals surface area contributed by atoms with E-state index in [9.17, 15) is 4.39 Å². The fraction of sp³-hybridized carbons (Fsp3) is 0.400. The van der Waals surface area contributed by atoms with Crippen molar-refractivity contribution in [3.05, 3.63) is 42.2 Å². The van der Waals surface area contributed by atoms with Gasteiger partial charge >= 0.3 is 0 Å². The Labute approximate surface area is 148 Å². The molecule has 0 aliphatic carbocycles. The Balaban J connectivity index is 1.62. The number of hydrogen-bond acceptors (Lipinski definition) is 4. The summed E-state index contributed by atoms with van der Waals surface area (Å²) >= 11 is 0. The summed E-state index contributed by atoms with van der Waals surface area (Å²) in [4.78, 5) is 2.51. The highest BCUT2D eigenvalue weighted by atomic mass is 19.1. The normalized spacial score (nSPS) is 16.8. The average Bonchev–Trinajstić information content (AvgIpc) is 2.66. The molecule has 0 radical (unpaired) electrons. The molecule has 0 saturated carbocycles. The van der Waals surface area contributed by atoms with Crippen molar-refractivity contribution >= 4 is 11.4 Å². The molecule has 2 aliphatic rings. The Kier molecular flexibility index (Phi) is 4.49. The van der Waals surface area contributed by atoms with Gasteiger partial charge in [0.1, 0.15) is 11.6 Å². The van der Waals surface area contributed by atoms with E-state index in [0.29, 0.717) is 0 Å². The highest BCUT2D eigenvalue weighted by Gasteiger charge is 2.23. The summed E-state index contributed by atoms with van der Waals surface area (Å²) in [6.45, 7) is 4.21. The second-order valence-corrected chi connectivity index (χ2v) is 6.74. The Bertz CT molecular complexity index is 759. The van der Waals surface area contributed by atoms with Gasteiger partial charge in [0.2, 0.25) is 0 Å². The van der Waals surface area contributed by atoms with Gasteiger partial charge in [-0.15, -0.1) is 0 Å². The average molecular weight is 341 g/mol. The lowest BCUT2D eigenvalue weighted by atomic mass is 9.99. The summed E-state index contributed by atoms with van der Waals surface area (Å²) in [5.41, 5.74) is 7.40. The van der Waals surface area contributed by atoms with E-state index in [4.69, 9.17) is 4.74 Å². The zero-order valence-electron chi connectivity index (χ0n) is 14.6. The molecule has 0 spiro atoms. The zero-order valence-corrected chi connectivity index (χ0v) is 14.6. The number of nitrogens with zero attached hydrogens (tertiary/aromatic N) is 2. The molecule has 0 amide bonds. The number of hydrazine groups is 1. The first-order chi connectivity index (χ1) is 12.2. The molecule has 1 fully saturated rings. The molecule has 5 heteroatoms. The summed E-state index contributed by atoms with van der Waals surface area (Å²) in [5, 5.41) is 2.13. The van der Waals surface area contributed by atoms with Crippen molar-refractivity contribution in [2.45, 2.75) is 19.3 Å². The van der Waals surface area contributed by atoms with Crippen LogP contribution in [0.25, 0.3) is 11.1 Å². The van der Waals surface area contributed by atoms with Crippen molar-refractivity contribution in [2.24, 2.45) is 0 Å². The van der Waals surface area contributed by atoms with Crippen molar-refractivity contribution in [3.8, 4) is 16.9 Å². The Morgan fingerprint density at radius 3 is 2.64 bits per heavy atom. The maximum atomic E-state index is 13.9. The van der Waals surface area contributed by atoms with Gasteiger partial charge in [0.15, 0.2) is 0 Å². The van der Waals surface area contributed by atoms with Crippen molar-refractivity contribution in [1.29, 1.82) is 0 Å². The van der Waals surface area contributed by atoms with E-state index < -0.39 is 0 Å². The molecule has 0 aromatic heterocycles. The van der Waals surface area contributed by atoms with E-state index in [1.54, 1.807) is 13.2 Å². The zero-order chi connectivity index (χ0) is 17.2. The minimum Gasteiger partial charge on any atom is -0.497 e. The van der Waals surface area contributed by atoms with Crippen molar-refractivity contribution in [2.75, 3.05) is 43.7 Å². The molecule has 0 bridgehead atoms. The molecule has 2 aliphatic heterocycles. The largest absolute Gasteiger partial charge is 0.497 e. The van der Waals surface area contributed by atoms with E-state index in [-0.39, 0.29) is 5.82 Å². The number of nitrogens with one attached hydrogen (secondary N) is 1. The van der Waals surface area contributed by atoms with E-state index >= 15 is 0 Å². The van der Waals surface area contributed by atoms with Crippen LogP contribution in [0.1, 0.15) is 19.3 Å². The topological polar surface area (TPSA) is 27.7 Å². The van der Waals surface area contributed by atoms with Crippen LogP contribution in [0.3, 0.4) is 0 Å². The third-order valence-corrected chi connectivity index (χ3v) is 5.11. The van der Waals surface area contributed by atoms with E-state index in [0.717, 1.165) is 41.3 Å². The smallest absolute Gasteiger partial charge is 0.123 e. The number of methoxy groups -OCH3 is 1. The fourth-order valence-electron chi connectivity index (χ4n) is 3.74. The van der Waals surface area contributed by atoms with E-state index in [1.165, 1.54) is 38.4 Å². The van der Waals surface area contributed by atoms with Gasteiger partial charge in [-0.05, 0) is 56.3 Å². The number of fused-ring (bicyclic) bond motifs is 3. The third-order valence-electron chi connectivity index (χ3n) is 5.11. The van der Waals surface area contributed by atoms with Crippen LogP contribution < -0.4 is 15.2 Å². The standard InChI is InChI=1S/C20H24FN3O/c1-25-16-6-7-17-18-13-15(21)5-8-20(18)24(22-19(17)14-16)12-11-23-9-3-2-4-10-23/h5-8,13-14,22H,2-4,9-12H2,1H3. The molecule has 4 nitrogen and oxygen atoms in total. The number of benzene rings is 2. The van der Waals surface area contributed by atoms with Crippen molar-refractivity contribution < 1.29 is 9.13 Å². The molecule has 2 heterocycles. The van der Waals surface area contributed by atoms with Crippen molar-refractivity contribution in [3.63, 3.8) is 0 Å². The summed E-state index contributed by atoms with van der Waals surface area (Å²) in [5.74, 6) is 0.584. The molecule has 2 aromatic carbocycles. The van der Waals surface area contributed by atoms with Gasteiger partial charge in [-0.25, -0.2) is 4.39 Å². The van der Waals surface area contributed by atoms with Gasteiger partial charge in [0.05, 0.1) is 25.0 Å². The van der Waals surface area contributed by atoms with Gasteiger partial charge in [-0.1, -0.05) is 6.42 Å². The molecular formula is C20H24FN3O. The maximum Gasteiger partial charge on any atom is 0.123 e. The van der Waals surface area contributed by atoms with Crippen molar-refractivity contribution in [1.82, 2.24) is 4.90 Å². The predicted octanol–water partition coefficient (Wildman–Crippen LogP) is 4.13. The number of hydrogen-bond donors (Lipinski definition) is 1. The molecule has 0 unspecified atom stereocenters. The monoisotopic (exact) mass is 341 g/mol. The minimum absolute atomic E-state index is 0.210. The molecule has 132 valence electrons. The predicted molar refractivity (Wildman–Crippen MR) is 99.6 cm³/mol. The SMILES string of the molecule is COc1ccc2c(c1)NN(CCN1CCCCC1)c1ccc(F)cc1-2. The van der Waals surface area contributed by atoms with E-state index in [1.807, 2.05) is 24.3 Å². The Hall–Kier alpha value is -2.27. The third kappa shape index (κ3) is 3.29. The molecule has 2 aromatic rings. The van der Waals surface area contributed by atoms with Crippen LogP contribution in [0.4, 0.5) is 15.8 Å². The first-order valence-corrected chi connectivity index (χ1v) is 8.99. The maximum absolute atomic E-state index is 13.9. The lowest BCUT2D eigenvalue weighted by Crippen LogP contribution is -2.41. The number of anilines is 2. The summed E-state index contributed by atoms with van der Waals surface area (Å²) < 4.78 is 19.2. The van der Waals surface area contributed by atoms with E-state index in [2.05, 4.69) is 15.3 Å². The number of ether oxygens (including phenoxy) is 1. The number of rotatable bonds is 4. The second-order valence-electron chi connectivity index (χ2n) is 6.74. The first kappa shape index (κ1) is 16.2. The molecule has 25 heavy (non-hydrogen) atoms. The van der Waals surface area contributed by atoms with Crippen LogP contribution in [-0.4, -0.2) is 38.2 Å². The number of likely N-dealkylation sites (tertiary alicyclic amines) is 1. The molecule has 4 rings (SSSR count). The fourth-order valence-corrected chi connectivity index (χ4v) is 3.74. The van der Waals surface area contributed by atoms with Crippen LogP contribution in [0.2, 0.25) is 0 Å². The molecule has 1 saturated heterocycles. The second kappa shape index (κ2) is 6.92. The summed E-state index contributed by atoms with van der Waals surface area (Å²) in [6.07, 6.45) is 3.91. The molecular weight excluding hydrogens is 317 g/mol. The van der Waals surface area contributed by atoms with Gasteiger partial charge in [-0.3, -0.25) is 10.4 Å². The quantitative estimate of drug-likeness (QED) is 0.905. The first-order valence-electron chi connectivity index (χ1n) is 8.99. The molecule has 0 atom stereocenters. The van der Waals surface area contributed by atoms with Gasteiger partial charge in [0, 0.05) is 23.7 Å². The van der Waals surface area contributed by atoms with Gasteiger partial charge < -0.3 is 9.64 Å². The van der Waals surface area contributed by atoms with Crippen LogP contribution >= 0.6 is 0 Å². The van der Waals surface area contributed by atoms with Crippen LogP contribution in [0, 0.1) is 5.82 Å². The minimum atomic E-state index is -0.210.